The van der Waals surface area contributed by atoms with Gasteiger partial charge in [0.2, 0.25) is 0 Å². The molecule has 0 saturated carbocycles. The molecule has 11 aromatic rings. The van der Waals surface area contributed by atoms with E-state index in [0.717, 1.165) is 44.4 Å². The van der Waals surface area contributed by atoms with Crippen LogP contribution in [0.4, 0.5) is 17.1 Å². The summed E-state index contributed by atoms with van der Waals surface area (Å²) in [6.45, 7) is 0. The number of hydrogen-bond donors (Lipinski definition) is 0. The Labute approximate surface area is 354 Å². The van der Waals surface area contributed by atoms with Gasteiger partial charge in [-0.15, -0.1) is 0 Å². The zero-order chi connectivity index (χ0) is 40.1. The lowest BCUT2D eigenvalue weighted by molar-refractivity contribution is 0.672. The molecule has 0 amide bonds. The third kappa shape index (κ3) is 4.79. The van der Waals surface area contributed by atoms with Gasteiger partial charge in [-0.1, -0.05) is 182 Å². The van der Waals surface area contributed by atoms with E-state index in [1.165, 1.54) is 72.1 Å². The predicted molar refractivity (Wildman–Crippen MR) is 253 cm³/mol. The van der Waals surface area contributed by atoms with Crippen LogP contribution in [0.15, 0.2) is 229 Å². The largest absolute Gasteiger partial charge is 0.455 e. The van der Waals surface area contributed by atoms with E-state index in [4.69, 9.17) is 4.42 Å². The third-order valence-corrected chi connectivity index (χ3v) is 13.3. The first-order valence-corrected chi connectivity index (χ1v) is 21.1. The molecule has 0 fully saturated rings. The summed E-state index contributed by atoms with van der Waals surface area (Å²) in [5, 5.41) is 4.46. The molecule has 1 spiro atoms. The molecule has 0 atom stereocenters. The molecule has 2 aliphatic rings. The van der Waals surface area contributed by atoms with Crippen LogP contribution < -0.4 is 4.90 Å². The second kappa shape index (κ2) is 13.0. The minimum Gasteiger partial charge on any atom is -0.455 e. The molecule has 0 unspecified atom stereocenters. The first-order chi connectivity index (χ1) is 30.3. The summed E-state index contributed by atoms with van der Waals surface area (Å²) < 4.78 is 6.94. The highest BCUT2D eigenvalue weighted by atomic mass is 16.3. The zero-order valence-corrected chi connectivity index (χ0v) is 33.2. The molecule has 0 N–H and O–H groups in total. The van der Waals surface area contributed by atoms with E-state index in [-0.39, 0.29) is 0 Å². The van der Waals surface area contributed by atoms with Gasteiger partial charge >= 0.3 is 0 Å². The molecule has 0 radical (unpaired) electrons. The Morgan fingerprint density at radius 1 is 0.328 bits per heavy atom. The van der Waals surface area contributed by atoms with Gasteiger partial charge in [-0.3, -0.25) is 0 Å². The van der Waals surface area contributed by atoms with Gasteiger partial charge in [-0.2, -0.15) is 0 Å². The van der Waals surface area contributed by atoms with Crippen LogP contribution in [0.2, 0.25) is 0 Å². The summed E-state index contributed by atoms with van der Waals surface area (Å²) in [5.74, 6) is 0. The molecule has 1 aromatic heterocycles. The van der Waals surface area contributed by atoms with Crippen molar-refractivity contribution >= 4 is 49.8 Å². The van der Waals surface area contributed by atoms with E-state index in [0.29, 0.717) is 0 Å². The number of rotatable bonds is 5. The Bertz CT molecular complexity index is 3460. The molecule has 284 valence electrons. The number of furan rings is 1. The minimum atomic E-state index is -0.462. The number of nitrogens with zero attached hydrogens (tertiary/aromatic N) is 1. The maximum absolute atomic E-state index is 6.94. The first kappa shape index (κ1) is 34.0. The quantitative estimate of drug-likeness (QED) is 0.173. The topological polar surface area (TPSA) is 16.4 Å². The Hall–Kier alpha value is -7.94. The molecule has 0 saturated heterocycles. The number of benzene rings is 10. The van der Waals surface area contributed by atoms with Crippen molar-refractivity contribution in [3.8, 4) is 44.5 Å². The van der Waals surface area contributed by atoms with Crippen LogP contribution in [-0.2, 0) is 5.41 Å². The molecular weight excluding hydrogens is 739 g/mol. The van der Waals surface area contributed by atoms with Crippen molar-refractivity contribution in [3.63, 3.8) is 0 Å². The van der Waals surface area contributed by atoms with Crippen LogP contribution in [0.25, 0.3) is 77.2 Å². The Balaban J connectivity index is 1.10. The second-order valence-corrected chi connectivity index (χ2v) is 16.3. The van der Waals surface area contributed by atoms with Gasteiger partial charge < -0.3 is 9.32 Å². The second-order valence-electron chi connectivity index (χ2n) is 16.3. The average Bonchev–Trinajstić information content (AvgIpc) is 3.97. The fourth-order valence-electron chi connectivity index (χ4n) is 10.8. The lowest BCUT2D eigenvalue weighted by Crippen LogP contribution is -2.26. The summed E-state index contributed by atoms with van der Waals surface area (Å²) in [6, 6.07) is 82.2. The van der Waals surface area contributed by atoms with Gasteiger partial charge in [0.25, 0.3) is 0 Å². The van der Waals surface area contributed by atoms with Gasteiger partial charge in [0, 0.05) is 22.1 Å². The molecule has 10 aromatic carbocycles. The number of fused-ring (bicyclic) bond motifs is 15. The zero-order valence-electron chi connectivity index (χ0n) is 33.2. The van der Waals surface area contributed by atoms with Crippen LogP contribution >= 0.6 is 0 Å². The van der Waals surface area contributed by atoms with Gasteiger partial charge in [0.15, 0.2) is 0 Å². The Morgan fingerprint density at radius 3 is 1.51 bits per heavy atom. The number of anilines is 3. The summed E-state index contributed by atoms with van der Waals surface area (Å²) >= 11 is 0. The highest BCUT2D eigenvalue weighted by Gasteiger charge is 2.51. The van der Waals surface area contributed by atoms with Crippen molar-refractivity contribution < 1.29 is 4.42 Å². The van der Waals surface area contributed by atoms with E-state index >= 15 is 0 Å². The fraction of sp³-hybridized carbons (Fsp3) is 0.0169. The maximum atomic E-state index is 6.94. The lowest BCUT2D eigenvalue weighted by Gasteiger charge is -2.32. The van der Waals surface area contributed by atoms with Crippen molar-refractivity contribution in [2.24, 2.45) is 0 Å². The average molecular weight is 776 g/mol. The summed E-state index contributed by atoms with van der Waals surface area (Å²) in [5.41, 5.74) is 19.7. The molecule has 0 bridgehead atoms. The van der Waals surface area contributed by atoms with Crippen LogP contribution in [0.5, 0.6) is 0 Å². The van der Waals surface area contributed by atoms with Crippen LogP contribution in [0, 0.1) is 0 Å². The van der Waals surface area contributed by atoms with E-state index in [2.05, 4.69) is 229 Å². The van der Waals surface area contributed by atoms with Crippen molar-refractivity contribution in [2.75, 3.05) is 4.90 Å². The van der Waals surface area contributed by atoms with Gasteiger partial charge in [-0.05, 0) is 115 Å². The van der Waals surface area contributed by atoms with Crippen molar-refractivity contribution in [2.45, 2.75) is 5.41 Å². The summed E-state index contributed by atoms with van der Waals surface area (Å²) in [7, 11) is 0. The first-order valence-electron chi connectivity index (χ1n) is 21.1. The van der Waals surface area contributed by atoms with Gasteiger partial charge in [-0.25, -0.2) is 0 Å². The fourth-order valence-corrected chi connectivity index (χ4v) is 10.8. The number of hydrogen-bond acceptors (Lipinski definition) is 2. The minimum absolute atomic E-state index is 0.462. The van der Waals surface area contributed by atoms with E-state index < -0.39 is 5.41 Å². The molecule has 61 heavy (non-hydrogen) atoms. The highest BCUT2D eigenvalue weighted by molar-refractivity contribution is 6.22. The molecule has 13 rings (SSSR count). The Morgan fingerprint density at radius 2 is 0.852 bits per heavy atom. The highest BCUT2D eigenvalue weighted by Crippen LogP contribution is 2.63. The van der Waals surface area contributed by atoms with Gasteiger partial charge in [0.05, 0.1) is 16.5 Å². The van der Waals surface area contributed by atoms with Gasteiger partial charge in [0.1, 0.15) is 11.2 Å². The van der Waals surface area contributed by atoms with Crippen LogP contribution in [-0.4, -0.2) is 0 Å². The third-order valence-electron chi connectivity index (χ3n) is 13.3. The molecular formula is C59H37NO. The standard InChI is InChI=1S/C59H37NO/c1-3-16-38(17-4-1)39-30-32-41(33-31-39)60(55-28-15-29-56-57(55)50-37-49(40-18-5-2-6-19-40)43-20-7-8-24-48(43)58(50)61-56)42-34-35-47-46-23-11-14-27-53(46)59(54(47)36-42)51-25-12-9-21-44(51)45-22-10-13-26-52(45)59/h1-37H. The molecule has 1 heterocycles. The maximum Gasteiger partial charge on any atom is 0.143 e. The SMILES string of the molecule is c1ccc(-c2ccc(N(c3ccc4c(c3)C3(c5ccccc5-c5ccccc53)c3ccccc3-4)c3cccc4oc5c6ccccc6c(-c6ccccc6)cc5c34)cc2)cc1. The summed E-state index contributed by atoms with van der Waals surface area (Å²) in [6.07, 6.45) is 0. The van der Waals surface area contributed by atoms with Crippen molar-refractivity contribution in [3.05, 3.63) is 247 Å². The smallest absolute Gasteiger partial charge is 0.143 e. The van der Waals surface area contributed by atoms with Crippen molar-refractivity contribution in [1.82, 2.24) is 0 Å². The van der Waals surface area contributed by atoms with Crippen molar-refractivity contribution in [1.29, 1.82) is 0 Å². The van der Waals surface area contributed by atoms with Crippen LogP contribution in [0.3, 0.4) is 0 Å². The molecule has 2 aliphatic carbocycles. The monoisotopic (exact) mass is 775 g/mol. The van der Waals surface area contributed by atoms with E-state index in [1.807, 2.05) is 0 Å². The molecule has 2 nitrogen and oxygen atoms in total. The van der Waals surface area contributed by atoms with Crippen LogP contribution in [0.1, 0.15) is 22.3 Å². The molecule has 0 aliphatic heterocycles. The Kier molecular flexibility index (Phi) is 7.26. The van der Waals surface area contributed by atoms with E-state index in [1.54, 1.807) is 0 Å². The predicted octanol–water partition coefficient (Wildman–Crippen LogP) is 15.9. The molecule has 2 heteroatoms. The summed E-state index contributed by atoms with van der Waals surface area (Å²) in [4.78, 5) is 2.45. The lowest BCUT2D eigenvalue weighted by atomic mass is 9.70. The van der Waals surface area contributed by atoms with E-state index in [9.17, 15) is 0 Å². The normalized spacial score (nSPS) is 13.0.